The molecular formula is C23H20ClN3OS. The highest BCUT2D eigenvalue weighted by atomic mass is 35.5. The Morgan fingerprint density at radius 1 is 1.00 bits per heavy atom. The number of halogens is 1. The Labute approximate surface area is 179 Å². The van der Waals surface area contributed by atoms with Gasteiger partial charge >= 0.3 is 0 Å². The molecule has 0 saturated heterocycles. The minimum absolute atomic E-state index is 0.0112. The topological polar surface area (TPSA) is 38.1 Å². The van der Waals surface area contributed by atoms with Crippen LogP contribution in [0, 0.1) is 0 Å². The smallest absolute Gasteiger partial charge is 0.246 e. The second-order valence-electron chi connectivity index (χ2n) is 6.63. The van der Waals surface area contributed by atoms with Gasteiger partial charge in [-0.05, 0) is 48.5 Å². The minimum Gasteiger partial charge on any atom is -0.318 e. The molecule has 0 saturated carbocycles. The van der Waals surface area contributed by atoms with Gasteiger partial charge in [0.25, 0.3) is 0 Å². The van der Waals surface area contributed by atoms with Crippen LogP contribution in [0.25, 0.3) is 11.0 Å². The maximum atomic E-state index is 13.0. The SMILES string of the molecule is CN(C(=O)Cn1c(CSc2ccc(Cl)cc2)nc2ccccc21)c1ccccc1. The maximum Gasteiger partial charge on any atom is 0.246 e. The van der Waals surface area contributed by atoms with Crippen molar-refractivity contribution < 1.29 is 4.79 Å². The summed E-state index contributed by atoms with van der Waals surface area (Å²) in [5.74, 6) is 1.55. The Bertz CT molecular complexity index is 1130. The molecule has 146 valence electrons. The van der Waals surface area contributed by atoms with Crippen molar-refractivity contribution in [2.75, 3.05) is 11.9 Å². The van der Waals surface area contributed by atoms with Crippen LogP contribution in [0.15, 0.2) is 83.8 Å². The number of anilines is 1. The standard InChI is InChI=1S/C23H20ClN3OS/c1-26(18-7-3-2-4-8-18)23(28)15-27-21-10-6-5-9-20(21)25-22(27)16-29-19-13-11-17(24)12-14-19/h2-14H,15-16H2,1H3. The zero-order chi connectivity index (χ0) is 20.2. The number of likely N-dealkylation sites (N-methyl/N-ethyl adjacent to an activating group) is 1. The number of imidazole rings is 1. The summed E-state index contributed by atoms with van der Waals surface area (Å²) in [7, 11) is 1.80. The number of hydrogen-bond acceptors (Lipinski definition) is 3. The van der Waals surface area contributed by atoms with E-state index in [0.717, 1.165) is 32.5 Å². The number of para-hydroxylation sites is 3. The average molecular weight is 422 g/mol. The van der Waals surface area contributed by atoms with Crippen molar-refractivity contribution in [1.82, 2.24) is 9.55 Å². The van der Waals surface area contributed by atoms with Gasteiger partial charge in [0.2, 0.25) is 5.91 Å². The number of amides is 1. The fourth-order valence-electron chi connectivity index (χ4n) is 3.13. The number of rotatable bonds is 6. The van der Waals surface area contributed by atoms with Crippen molar-refractivity contribution >= 4 is 46.0 Å². The molecule has 4 aromatic rings. The summed E-state index contributed by atoms with van der Waals surface area (Å²) in [4.78, 5) is 20.5. The zero-order valence-electron chi connectivity index (χ0n) is 16.0. The van der Waals surface area contributed by atoms with E-state index in [-0.39, 0.29) is 12.5 Å². The van der Waals surface area contributed by atoms with E-state index in [9.17, 15) is 4.79 Å². The minimum atomic E-state index is 0.0112. The number of thioether (sulfide) groups is 1. The average Bonchev–Trinajstić information content (AvgIpc) is 3.11. The van der Waals surface area contributed by atoms with E-state index < -0.39 is 0 Å². The fraction of sp³-hybridized carbons (Fsp3) is 0.130. The molecule has 0 fully saturated rings. The van der Waals surface area contributed by atoms with Crippen LogP contribution in [0.2, 0.25) is 5.02 Å². The maximum absolute atomic E-state index is 13.0. The lowest BCUT2D eigenvalue weighted by molar-refractivity contribution is -0.118. The molecule has 29 heavy (non-hydrogen) atoms. The number of hydrogen-bond donors (Lipinski definition) is 0. The summed E-state index contributed by atoms with van der Waals surface area (Å²) in [6, 6.07) is 25.3. The van der Waals surface area contributed by atoms with Gasteiger partial charge in [-0.1, -0.05) is 41.9 Å². The van der Waals surface area contributed by atoms with Gasteiger partial charge in [0.15, 0.2) is 0 Å². The summed E-state index contributed by atoms with van der Waals surface area (Å²) < 4.78 is 2.01. The second kappa shape index (κ2) is 8.72. The highest BCUT2D eigenvalue weighted by molar-refractivity contribution is 7.98. The van der Waals surface area contributed by atoms with Crippen LogP contribution in [0.3, 0.4) is 0 Å². The Hall–Kier alpha value is -2.76. The molecule has 0 unspecified atom stereocenters. The number of nitrogens with zero attached hydrogens (tertiary/aromatic N) is 3. The molecule has 0 N–H and O–H groups in total. The molecule has 1 amide bonds. The fourth-order valence-corrected chi connectivity index (χ4v) is 4.10. The number of carbonyl (C=O) groups is 1. The Morgan fingerprint density at radius 3 is 2.45 bits per heavy atom. The summed E-state index contributed by atoms with van der Waals surface area (Å²) in [5, 5.41) is 0.719. The normalized spacial score (nSPS) is 11.0. The summed E-state index contributed by atoms with van der Waals surface area (Å²) in [6.07, 6.45) is 0. The lowest BCUT2D eigenvalue weighted by Crippen LogP contribution is -2.30. The lowest BCUT2D eigenvalue weighted by Gasteiger charge is -2.18. The number of benzene rings is 3. The van der Waals surface area contributed by atoms with Crippen molar-refractivity contribution in [3.05, 3.63) is 89.7 Å². The van der Waals surface area contributed by atoms with Crippen LogP contribution >= 0.6 is 23.4 Å². The van der Waals surface area contributed by atoms with Gasteiger partial charge in [-0.25, -0.2) is 4.98 Å². The van der Waals surface area contributed by atoms with E-state index in [1.165, 1.54) is 0 Å². The molecule has 4 nitrogen and oxygen atoms in total. The monoisotopic (exact) mass is 421 g/mol. The van der Waals surface area contributed by atoms with E-state index in [1.807, 2.05) is 83.4 Å². The molecule has 3 aromatic carbocycles. The van der Waals surface area contributed by atoms with E-state index in [2.05, 4.69) is 0 Å². The summed E-state index contributed by atoms with van der Waals surface area (Å²) in [5.41, 5.74) is 2.74. The Balaban J connectivity index is 1.59. The van der Waals surface area contributed by atoms with E-state index >= 15 is 0 Å². The molecule has 0 atom stereocenters. The highest BCUT2D eigenvalue weighted by Gasteiger charge is 2.17. The molecule has 0 aliphatic rings. The summed E-state index contributed by atoms with van der Waals surface area (Å²) in [6.45, 7) is 0.239. The molecule has 0 aliphatic heterocycles. The molecule has 0 spiro atoms. The number of aromatic nitrogens is 2. The van der Waals surface area contributed by atoms with Gasteiger partial charge in [-0.2, -0.15) is 0 Å². The lowest BCUT2D eigenvalue weighted by atomic mass is 10.3. The van der Waals surface area contributed by atoms with Crippen molar-refractivity contribution in [2.45, 2.75) is 17.2 Å². The van der Waals surface area contributed by atoms with Gasteiger partial charge in [-0.3, -0.25) is 4.79 Å². The highest BCUT2D eigenvalue weighted by Crippen LogP contribution is 2.26. The molecule has 4 rings (SSSR count). The predicted molar refractivity (Wildman–Crippen MR) is 121 cm³/mol. The largest absolute Gasteiger partial charge is 0.318 e. The van der Waals surface area contributed by atoms with Gasteiger partial charge in [0.05, 0.1) is 16.8 Å². The molecule has 6 heteroatoms. The number of carbonyl (C=O) groups excluding carboxylic acids is 1. The van der Waals surface area contributed by atoms with Crippen LogP contribution in [0.1, 0.15) is 5.82 Å². The first kappa shape index (κ1) is 19.6. The third-order valence-corrected chi connectivity index (χ3v) is 5.99. The van der Waals surface area contributed by atoms with E-state index in [0.29, 0.717) is 5.75 Å². The van der Waals surface area contributed by atoms with E-state index in [1.54, 1.807) is 23.7 Å². The van der Waals surface area contributed by atoms with Crippen LogP contribution in [0.4, 0.5) is 5.69 Å². The van der Waals surface area contributed by atoms with Crippen molar-refractivity contribution in [1.29, 1.82) is 0 Å². The third-order valence-electron chi connectivity index (χ3n) is 4.73. The molecule has 0 bridgehead atoms. The van der Waals surface area contributed by atoms with Crippen LogP contribution in [0.5, 0.6) is 0 Å². The van der Waals surface area contributed by atoms with Gasteiger partial charge in [-0.15, -0.1) is 11.8 Å². The Morgan fingerprint density at radius 2 is 1.69 bits per heavy atom. The van der Waals surface area contributed by atoms with Crippen LogP contribution in [-0.4, -0.2) is 22.5 Å². The third kappa shape index (κ3) is 4.47. The number of fused-ring (bicyclic) bond motifs is 1. The predicted octanol–water partition coefficient (Wildman–Crippen LogP) is 5.65. The van der Waals surface area contributed by atoms with E-state index in [4.69, 9.17) is 16.6 Å². The summed E-state index contributed by atoms with van der Waals surface area (Å²) >= 11 is 7.65. The first-order chi connectivity index (χ1) is 14.1. The first-order valence-electron chi connectivity index (χ1n) is 9.26. The van der Waals surface area contributed by atoms with Crippen LogP contribution < -0.4 is 4.90 Å². The van der Waals surface area contributed by atoms with Gasteiger partial charge < -0.3 is 9.47 Å². The molecular weight excluding hydrogens is 402 g/mol. The first-order valence-corrected chi connectivity index (χ1v) is 10.6. The van der Waals surface area contributed by atoms with Crippen LogP contribution in [-0.2, 0) is 17.1 Å². The Kier molecular flexibility index (Phi) is 5.88. The zero-order valence-corrected chi connectivity index (χ0v) is 17.5. The van der Waals surface area contributed by atoms with Crippen molar-refractivity contribution in [3.8, 4) is 0 Å². The van der Waals surface area contributed by atoms with Gasteiger partial charge in [0.1, 0.15) is 12.4 Å². The van der Waals surface area contributed by atoms with Crippen molar-refractivity contribution in [3.63, 3.8) is 0 Å². The molecule has 1 aromatic heterocycles. The molecule has 1 heterocycles. The van der Waals surface area contributed by atoms with Crippen molar-refractivity contribution in [2.24, 2.45) is 0 Å². The second-order valence-corrected chi connectivity index (χ2v) is 8.12. The molecule has 0 radical (unpaired) electrons. The van der Waals surface area contributed by atoms with Gasteiger partial charge in [0, 0.05) is 22.7 Å². The molecule has 0 aliphatic carbocycles. The quantitative estimate of drug-likeness (QED) is 0.378.